The number of rotatable bonds is 7. The van der Waals surface area contributed by atoms with E-state index in [-0.39, 0.29) is 5.56 Å². The van der Waals surface area contributed by atoms with Crippen molar-refractivity contribution in [3.05, 3.63) is 45.3 Å². The molecule has 1 N–H and O–H groups in total. The average molecular weight is 416 g/mol. The van der Waals surface area contributed by atoms with E-state index in [0.29, 0.717) is 40.4 Å². The van der Waals surface area contributed by atoms with E-state index in [1.54, 1.807) is 14.2 Å². The molecule has 0 fully saturated rings. The molecule has 0 aliphatic carbocycles. The molecule has 29 heavy (non-hydrogen) atoms. The van der Waals surface area contributed by atoms with Gasteiger partial charge >= 0.3 is 5.97 Å². The number of methoxy groups -OCH3 is 2. The van der Waals surface area contributed by atoms with Crippen LogP contribution in [0.15, 0.2) is 28.4 Å². The van der Waals surface area contributed by atoms with Gasteiger partial charge in [-0.25, -0.2) is 9.78 Å². The molecule has 0 radical (unpaired) electrons. The van der Waals surface area contributed by atoms with Gasteiger partial charge in [-0.15, -0.1) is 11.3 Å². The van der Waals surface area contributed by atoms with Crippen LogP contribution in [0.5, 0.6) is 5.75 Å². The number of carboxylic acid groups (broad SMARTS) is 1. The first kappa shape index (κ1) is 21.0. The van der Waals surface area contributed by atoms with E-state index in [1.807, 2.05) is 30.5 Å². The van der Waals surface area contributed by atoms with Gasteiger partial charge in [-0.1, -0.05) is 11.6 Å². The molecule has 2 aromatic heterocycles. The van der Waals surface area contributed by atoms with Crippen molar-refractivity contribution in [2.75, 3.05) is 20.8 Å². The Hall–Kier alpha value is -2.71. The number of ether oxygens (including phenoxy) is 2. The molecule has 0 saturated carbocycles. The molecule has 3 aromatic rings. The molecule has 0 amide bonds. The zero-order valence-electron chi connectivity index (χ0n) is 17.1. The molecule has 154 valence electrons. The molecule has 0 aliphatic rings. The highest BCUT2D eigenvalue weighted by atomic mass is 32.1. The Morgan fingerprint density at radius 3 is 2.62 bits per heavy atom. The first-order valence-electron chi connectivity index (χ1n) is 9.13. The van der Waals surface area contributed by atoms with Crippen LogP contribution in [0.1, 0.15) is 25.2 Å². The van der Waals surface area contributed by atoms with Gasteiger partial charge in [0.15, 0.2) is 0 Å². The van der Waals surface area contributed by atoms with Gasteiger partial charge in [0.2, 0.25) is 0 Å². The topological polar surface area (TPSA) is 90.7 Å². The molecule has 2 heterocycles. The Kier molecular flexibility index (Phi) is 5.77. The molecular formula is C21H24N2O5S. The largest absolute Gasteiger partial charge is 0.496 e. The van der Waals surface area contributed by atoms with Crippen LogP contribution in [0.3, 0.4) is 0 Å². The van der Waals surface area contributed by atoms with Crippen molar-refractivity contribution in [1.82, 2.24) is 9.55 Å². The fourth-order valence-corrected chi connectivity index (χ4v) is 4.24. The number of benzene rings is 1. The number of hydrogen-bond donors (Lipinski definition) is 1. The van der Waals surface area contributed by atoms with E-state index in [0.717, 1.165) is 11.1 Å². The summed E-state index contributed by atoms with van der Waals surface area (Å²) in [7, 11) is 3.13. The number of thiophene rings is 1. The lowest BCUT2D eigenvalue weighted by Crippen LogP contribution is -2.45. The van der Waals surface area contributed by atoms with Crippen molar-refractivity contribution < 1.29 is 19.4 Å². The molecule has 7 nitrogen and oxygen atoms in total. The van der Waals surface area contributed by atoms with Crippen LogP contribution in [0.4, 0.5) is 0 Å². The molecule has 8 heteroatoms. The van der Waals surface area contributed by atoms with Gasteiger partial charge in [-0.05, 0) is 32.9 Å². The van der Waals surface area contributed by atoms with E-state index >= 15 is 0 Å². The van der Waals surface area contributed by atoms with E-state index in [1.165, 1.54) is 29.8 Å². The highest BCUT2D eigenvalue weighted by Crippen LogP contribution is 2.37. The molecule has 0 saturated heterocycles. The smallest absolute Gasteiger partial charge is 0.329 e. The number of aliphatic carboxylic acids is 1. The molecule has 0 aliphatic heterocycles. The normalized spacial score (nSPS) is 11.8. The molecule has 0 atom stereocenters. The van der Waals surface area contributed by atoms with Crippen LogP contribution >= 0.6 is 11.3 Å². The summed E-state index contributed by atoms with van der Waals surface area (Å²) >= 11 is 1.36. The summed E-state index contributed by atoms with van der Waals surface area (Å²) in [4.78, 5) is 30.7. The highest BCUT2D eigenvalue weighted by molar-refractivity contribution is 7.17. The number of hydrogen-bond acceptors (Lipinski definition) is 6. The van der Waals surface area contributed by atoms with Crippen molar-refractivity contribution in [2.45, 2.75) is 32.7 Å². The predicted octanol–water partition coefficient (Wildman–Crippen LogP) is 3.45. The lowest BCUT2D eigenvalue weighted by Gasteiger charge is -2.25. The lowest BCUT2D eigenvalue weighted by atomic mass is 10.0. The Bertz CT molecular complexity index is 1130. The molecule has 1 aromatic carbocycles. The summed E-state index contributed by atoms with van der Waals surface area (Å²) < 4.78 is 11.9. The quantitative estimate of drug-likeness (QED) is 0.634. The third kappa shape index (κ3) is 3.65. The highest BCUT2D eigenvalue weighted by Gasteiger charge is 2.34. The first-order valence-corrected chi connectivity index (χ1v) is 10.0. The van der Waals surface area contributed by atoms with Crippen LogP contribution in [-0.4, -0.2) is 41.5 Å². The summed E-state index contributed by atoms with van der Waals surface area (Å²) in [6.45, 7) is 5.29. The van der Waals surface area contributed by atoms with E-state index in [4.69, 9.17) is 9.47 Å². The second kappa shape index (κ2) is 7.96. The second-order valence-electron chi connectivity index (χ2n) is 7.31. The second-order valence-corrected chi connectivity index (χ2v) is 8.17. The van der Waals surface area contributed by atoms with E-state index < -0.39 is 11.5 Å². The zero-order chi connectivity index (χ0) is 21.3. The molecule has 0 bridgehead atoms. The van der Waals surface area contributed by atoms with Crippen molar-refractivity contribution >= 4 is 27.5 Å². The molecule has 0 spiro atoms. The SMILES string of the molecule is COCCc1nc2scc(-c3cc(C)ccc3OC)c2c(=O)n1C(C)(C)C(=O)O. The van der Waals surface area contributed by atoms with Crippen molar-refractivity contribution in [1.29, 1.82) is 0 Å². The number of aryl methyl sites for hydroxylation is 1. The monoisotopic (exact) mass is 416 g/mol. The van der Waals surface area contributed by atoms with Crippen molar-refractivity contribution in [3.63, 3.8) is 0 Å². The standard InChI is InChI=1S/C21H24N2O5S/c1-12-6-7-15(28-5)13(10-12)14-11-29-18-17(14)19(24)23(21(2,3)20(25)26)16(22-18)8-9-27-4/h6-7,10-11H,8-9H2,1-5H3,(H,25,26). The minimum absolute atomic E-state index is 0.331. The van der Waals surface area contributed by atoms with Gasteiger partial charge in [0.25, 0.3) is 5.56 Å². The van der Waals surface area contributed by atoms with Gasteiger partial charge in [0, 0.05) is 30.0 Å². The first-order chi connectivity index (χ1) is 13.7. The molecular weight excluding hydrogens is 392 g/mol. The third-order valence-corrected chi connectivity index (χ3v) is 5.81. The predicted molar refractivity (Wildman–Crippen MR) is 113 cm³/mol. The fraction of sp³-hybridized carbons (Fsp3) is 0.381. The van der Waals surface area contributed by atoms with Crippen LogP contribution < -0.4 is 10.3 Å². The number of carboxylic acids is 1. The lowest BCUT2D eigenvalue weighted by molar-refractivity contribution is -0.146. The summed E-state index contributed by atoms with van der Waals surface area (Å²) in [6.07, 6.45) is 0.333. The number of carbonyl (C=O) groups is 1. The van der Waals surface area contributed by atoms with Gasteiger partial charge in [-0.3, -0.25) is 9.36 Å². The minimum atomic E-state index is -1.46. The van der Waals surface area contributed by atoms with Crippen LogP contribution in [0.25, 0.3) is 21.3 Å². The molecule has 0 unspecified atom stereocenters. The van der Waals surface area contributed by atoms with Crippen LogP contribution in [0.2, 0.25) is 0 Å². The summed E-state index contributed by atoms with van der Waals surface area (Å²) in [6, 6.07) is 5.74. The Morgan fingerprint density at radius 1 is 1.28 bits per heavy atom. The maximum atomic E-state index is 13.6. The maximum absolute atomic E-state index is 13.6. The van der Waals surface area contributed by atoms with E-state index in [2.05, 4.69) is 4.98 Å². The average Bonchev–Trinajstić information content (AvgIpc) is 3.10. The third-order valence-electron chi connectivity index (χ3n) is 4.93. The Morgan fingerprint density at radius 2 is 2.00 bits per heavy atom. The van der Waals surface area contributed by atoms with Gasteiger partial charge in [0.1, 0.15) is 21.9 Å². The van der Waals surface area contributed by atoms with Crippen molar-refractivity contribution in [2.24, 2.45) is 0 Å². The van der Waals surface area contributed by atoms with Gasteiger partial charge in [-0.2, -0.15) is 0 Å². The van der Waals surface area contributed by atoms with Gasteiger partial charge in [0.05, 0.1) is 19.1 Å². The molecule has 3 rings (SSSR count). The number of nitrogens with zero attached hydrogens (tertiary/aromatic N) is 2. The number of aromatic nitrogens is 2. The fourth-order valence-electron chi connectivity index (χ4n) is 3.30. The maximum Gasteiger partial charge on any atom is 0.329 e. The summed E-state index contributed by atoms with van der Waals surface area (Å²) in [5.41, 5.74) is 0.652. The van der Waals surface area contributed by atoms with Crippen molar-refractivity contribution in [3.8, 4) is 16.9 Å². The minimum Gasteiger partial charge on any atom is -0.496 e. The summed E-state index contributed by atoms with van der Waals surface area (Å²) in [5.74, 6) is -0.0760. The van der Waals surface area contributed by atoms with Crippen LogP contribution in [-0.2, 0) is 21.5 Å². The Labute approximate surface area is 172 Å². The Balaban J connectivity index is 2.38. The van der Waals surface area contributed by atoms with Crippen LogP contribution in [0, 0.1) is 6.92 Å². The number of fused-ring (bicyclic) bond motifs is 1. The summed E-state index contributed by atoms with van der Waals surface area (Å²) in [5, 5.41) is 12.0. The zero-order valence-corrected chi connectivity index (χ0v) is 17.9. The van der Waals surface area contributed by atoms with E-state index in [9.17, 15) is 14.7 Å². The van der Waals surface area contributed by atoms with Gasteiger partial charge < -0.3 is 14.6 Å².